The highest BCUT2D eigenvalue weighted by Gasteiger charge is 2.09. The lowest BCUT2D eigenvalue weighted by Crippen LogP contribution is -2.28. The number of hydrogen-bond acceptors (Lipinski definition) is 3. The first-order valence-electron chi connectivity index (χ1n) is 7.34. The van der Waals surface area contributed by atoms with E-state index < -0.39 is 0 Å². The van der Waals surface area contributed by atoms with Gasteiger partial charge in [-0.05, 0) is 42.3 Å². The molecule has 0 aliphatic heterocycles. The Morgan fingerprint density at radius 1 is 1.17 bits per heavy atom. The largest absolute Gasteiger partial charge is 0.497 e. The van der Waals surface area contributed by atoms with Gasteiger partial charge in [-0.3, -0.25) is 4.79 Å². The van der Waals surface area contributed by atoms with Crippen LogP contribution in [-0.4, -0.2) is 18.8 Å². The van der Waals surface area contributed by atoms with Crippen LogP contribution in [0.25, 0.3) is 0 Å². The number of thioether (sulfide) groups is 1. The van der Waals surface area contributed by atoms with Gasteiger partial charge in [0.05, 0.1) is 18.9 Å². The van der Waals surface area contributed by atoms with Gasteiger partial charge < -0.3 is 10.1 Å². The number of methoxy groups -OCH3 is 1. The van der Waals surface area contributed by atoms with E-state index in [1.54, 1.807) is 19.2 Å². The Labute approximate surface area is 140 Å². The van der Waals surface area contributed by atoms with Crippen LogP contribution in [0.4, 0.5) is 4.39 Å². The maximum Gasteiger partial charge on any atom is 0.230 e. The zero-order valence-electron chi connectivity index (χ0n) is 13.2. The Hall–Kier alpha value is -2.01. The third kappa shape index (κ3) is 5.60. The zero-order valence-corrected chi connectivity index (χ0v) is 14.0. The molecule has 0 radical (unpaired) electrons. The van der Waals surface area contributed by atoms with Gasteiger partial charge in [0.2, 0.25) is 5.91 Å². The molecule has 0 aliphatic carbocycles. The van der Waals surface area contributed by atoms with Crippen LogP contribution in [-0.2, 0) is 10.5 Å². The molecular weight excluding hydrogens is 313 g/mol. The predicted octanol–water partition coefficient (Wildman–Crippen LogP) is 3.94. The van der Waals surface area contributed by atoms with Crippen LogP contribution in [0.5, 0.6) is 5.75 Å². The van der Waals surface area contributed by atoms with Crippen molar-refractivity contribution in [1.82, 2.24) is 5.32 Å². The van der Waals surface area contributed by atoms with Gasteiger partial charge in [0.25, 0.3) is 0 Å². The molecule has 1 N–H and O–H groups in total. The topological polar surface area (TPSA) is 38.3 Å². The van der Waals surface area contributed by atoms with E-state index in [0.29, 0.717) is 11.5 Å². The molecular formula is C18H20FNO2S. The van der Waals surface area contributed by atoms with E-state index in [0.717, 1.165) is 16.9 Å². The molecule has 0 aliphatic rings. The normalized spacial score (nSPS) is 11.8. The summed E-state index contributed by atoms with van der Waals surface area (Å²) >= 11 is 1.51. The van der Waals surface area contributed by atoms with Gasteiger partial charge in [-0.25, -0.2) is 4.39 Å². The SMILES string of the molecule is COc1ccc([C@@H](C)NC(=O)CSCc2ccc(F)cc2)cc1. The first-order chi connectivity index (χ1) is 11.1. The number of ether oxygens (including phenoxy) is 1. The van der Waals surface area contributed by atoms with Crippen molar-refractivity contribution >= 4 is 17.7 Å². The lowest BCUT2D eigenvalue weighted by molar-refractivity contribution is -0.119. The summed E-state index contributed by atoms with van der Waals surface area (Å²) in [4.78, 5) is 12.0. The highest BCUT2D eigenvalue weighted by atomic mass is 32.2. The van der Waals surface area contributed by atoms with E-state index in [1.807, 2.05) is 31.2 Å². The Bertz CT molecular complexity index is 628. The molecule has 23 heavy (non-hydrogen) atoms. The molecule has 0 saturated heterocycles. The van der Waals surface area contributed by atoms with Crippen molar-refractivity contribution in [1.29, 1.82) is 0 Å². The minimum Gasteiger partial charge on any atom is -0.497 e. The number of carbonyl (C=O) groups excluding carboxylic acids is 1. The van der Waals surface area contributed by atoms with Gasteiger partial charge in [-0.1, -0.05) is 24.3 Å². The maximum absolute atomic E-state index is 12.8. The van der Waals surface area contributed by atoms with Crippen LogP contribution in [0.15, 0.2) is 48.5 Å². The first kappa shape index (κ1) is 17.3. The van der Waals surface area contributed by atoms with Gasteiger partial charge >= 0.3 is 0 Å². The molecule has 122 valence electrons. The number of benzene rings is 2. The van der Waals surface area contributed by atoms with Gasteiger partial charge in [0, 0.05) is 5.75 Å². The Morgan fingerprint density at radius 3 is 2.43 bits per heavy atom. The minimum atomic E-state index is -0.246. The highest BCUT2D eigenvalue weighted by molar-refractivity contribution is 7.99. The predicted molar refractivity (Wildman–Crippen MR) is 92.1 cm³/mol. The Morgan fingerprint density at radius 2 is 1.83 bits per heavy atom. The van der Waals surface area contributed by atoms with Crippen molar-refractivity contribution in [2.24, 2.45) is 0 Å². The second-order valence-electron chi connectivity index (χ2n) is 5.18. The number of nitrogens with one attached hydrogen (secondary N) is 1. The fourth-order valence-electron chi connectivity index (χ4n) is 2.10. The minimum absolute atomic E-state index is 0.0135. The molecule has 2 aromatic carbocycles. The molecule has 0 spiro atoms. The smallest absolute Gasteiger partial charge is 0.230 e. The van der Waals surface area contributed by atoms with Gasteiger partial charge in [0.15, 0.2) is 0 Å². The van der Waals surface area contributed by atoms with Gasteiger partial charge in [0.1, 0.15) is 11.6 Å². The summed E-state index contributed by atoms with van der Waals surface area (Å²) in [6.45, 7) is 1.95. The van der Waals surface area contributed by atoms with E-state index in [4.69, 9.17) is 4.74 Å². The van der Waals surface area contributed by atoms with Gasteiger partial charge in [-0.15, -0.1) is 11.8 Å². The lowest BCUT2D eigenvalue weighted by Gasteiger charge is -2.14. The summed E-state index contributed by atoms with van der Waals surface area (Å²) in [6, 6.07) is 13.9. The quantitative estimate of drug-likeness (QED) is 0.834. The second-order valence-corrected chi connectivity index (χ2v) is 6.17. The molecule has 0 heterocycles. The van der Waals surface area contributed by atoms with Crippen molar-refractivity contribution in [2.75, 3.05) is 12.9 Å². The third-order valence-corrected chi connectivity index (χ3v) is 4.41. The van der Waals surface area contributed by atoms with E-state index >= 15 is 0 Å². The Balaban J connectivity index is 1.76. The van der Waals surface area contributed by atoms with E-state index in [1.165, 1.54) is 23.9 Å². The van der Waals surface area contributed by atoms with Crippen molar-refractivity contribution in [2.45, 2.75) is 18.7 Å². The summed E-state index contributed by atoms with van der Waals surface area (Å²) < 4.78 is 17.9. The van der Waals surface area contributed by atoms with Crippen LogP contribution in [0.3, 0.4) is 0 Å². The standard InChI is InChI=1S/C18H20FNO2S/c1-13(15-5-9-17(22-2)10-6-15)20-18(21)12-23-11-14-3-7-16(19)8-4-14/h3-10,13H,11-12H2,1-2H3,(H,20,21)/t13-/m1/s1. The first-order valence-corrected chi connectivity index (χ1v) is 8.49. The highest BCUT2D eigenvalue weighted by Crippen LogP contribution is 2.18. The van der Waals surface area contributed by atoms with Gasteiger partial charge in [-0.2, -0.15) is 0 Å². The third-order valence-electron chi connectivity index (χ3n) is 3.41. The van der Waals surface area contributed by atoms with Crippen LogP contribution in [0.1, 0.15) is 24.1 Å². The fourth-order valence-corrected chi connectivity index (χ4v) is 2.90. The summed E-state index contributed by atoms with van der Waals surface area (Å²) in [5.41, 5.74) is 2.04. The molecule has 0 saturated carbocycles. The number of halogens is 1. The molecule has 3 nitrogen and oxygen atoms in total. The molecule has 0 unspecified atom stereocenters. The molecule has 0 aromatic heterocycles. The average molecular weight is 333 g/mol. The molecule has 0 fully saturated rings. The monoisotopic (exact) mass is 333 g/mol. The van der Waals surface area contributed by atoms with Crippen molar-refractivity contribution in [3.63, 3.8) is 0 Å². The number of rotatable bonds is 7. The summed E-state index contributed by atoms with van der Waals surface area (Å²) in [6.07, 6.45) is 0. The maximum atomic E-state index is 12.8. The molecule has 5 heteroatoms. The van der Waals surface area contributed by atoms with Crippen LogP contribution >= 0.6 is 11.8 Å². The average Bonchev–Trinajstić information content (AvgIpc) is 2.56. The Kier molecular flexibility index (Phi) is 6.47. The van der Waals surface area contributed by atoms with E-state index in [2.05, 4.69) is 5.32 Å². The van der Waals surface area contributed by atoms with Crippen LogP contribution < -0.4 is 10.1 Å². The zero-order chi connectivity index (χ0) is 16.7. The van der Waals surface area contributed by atoms with Crippen molar-refractivity contribution in [3.05, 3.63) is 65.5 Å². The summed E-state index contributed by atoms with van der Waals surface area (Å²) in [7, 11) is 1.62. The van der Waals surface area contributed by atoms with E-state index in [9.17, 15) is 9.18 Å². The molecule has 1 atom stereocenters. The van der Waals surface area contributed by atoms with Crippen molar-refractivity contribution < 1.29 is 13.9 Å². The molecule has 2 rings (SSSR count). The fraction of sp³-hybridized carbons (Fsp3) is 0.278. The number of amides is 1. The summed E-state index contributed by atoms with van der Waals surface area (Å²) in [5.74, 6) is 1.59. The number of carbonyl (C=O) groups is 1. The molecule has 1 amide bonds. The molecule has 0 bridgehead atoms. The second kappa shape index (κ2) is 8.58. The molecule has 2 aromatic rings. The summed E-state index contributed by atoms with van der Waals surface area (Å²) in [5, 5.41) is 2.97. The van der Waals surface area contributed by atoms with Crippen LogP contribution in [0, 0.1) is 5.82 Å². The number of hydrogen-bond donors (Lipinski definition) is 1. The van der Waals surface area contributed by atoms with E-state index in [-0.39, 0.29) is 17.8 Å². The van der Waals surface area contributed by atoms with Crippen LogP contribution in [0.2, 0.25) is 0 Å². The lowest BCUT2D eigenvalue weighted by atomic mass is 10.1. The van der Waals surface area contributed by atoms with Crippen molar-refractivity contribution in [3.8, 4) is 5.75 Å².